The fourth-order valence-corrected chi connectivity index (χ4v) is 2.00. The Morgan fingerprint density at radius 2 is 1.81 bits per heavy atom. The number of nitrogens with zero attached hydrogens (tertiary/aromatic N) is 2. The third kappa shape index (κ3) is 7.06. The molecule has 1 aromatic rings. The van der Waals surface area contributed by atoms with Crippen molar-refractivity contribution in [2.24, 2.45) is 5.84 Å². The van der Waals surface area contributed by atoms with Crippen molar-refractivity contribution in [2.45, 2.75) is 20.4 Å². The first-order valence-corrected chi connectivity index (χ1v) is 7.58. The highest BCUT2D eigenvalue weighted by Crippen LogP contribution is 2.18. The van der Waals surface area contributed by atoms with E-state index in [9.17, 15) is 0 Å². The Balaban J connectivity index is 2.64. The molecule has 1 rings (SSSR count). The van der Waals surface area contributed by atoms with Crippen LogP contribution in [0.2, 0.25) is 5.02 Å². The first kappa shape index (κ1) is 18.1. The molecule has 3 N–H and O–H groups in total. The van der Waals surface area contributed by atoms with E-state index >= 15 is 0 Å². The lowest BCUT2D eigenvalue weighted by Gasteiger charge is -2.22. The van der Waals surface area contributed by atoms with Gasteiger partial charge in [0.25, 0.3) is 0 Å². The van der Waals surface area contributed by atoms with E-state index in [0.29, 0.717) is 43.8 Å². The minimum Gasteiger partial charge on any atom is -0.380 e. The van der Waals surface area contributed by atoms with Gasteiger partial charge in [-0.05, 0) is 26.0 Å². The molecule has 7 heteroatoms. The number of anilines is 1. The highest BCUT2D eigenvalue weighted by atomic mass is 35.5. The predicted molar refractivity (Wildman–Crippen MR) is 85.3 cm³/mol. The van der Waals surface area contributed by atoms with Gasteiger partial charge >= 0.3 is 0 Å². The molecule has 0 saturated heterocycles. The number of ether oxygens (including phenoxy) is 2. The third-order valence-electron chi connectivity index (χ3n) is 2.95. The maximum atomic E-state index is 6.20. The van der Waals surface area contributed by atoms with Crippen LogP contribution in [0, 0.1) is 0 Å². The van der Waals surface area contributed by atoms with Crippen LogP contribution in [0.1, 0.15) is 19.5 Å². The van der Waals surface area contributed by atoms with Crippen LogP contribution in [-0.2, 0) is 16.0 Å². The summed E-state index contributed by atoms with van der Waals surface area (Å²) in [6.45, 7) is 8.99. The van der Waals surface area contributed by atoms with Gasteiger partial charge in [-0.15, -0.1) is 0 Å². The highest BCUT2D eigenvalue weighted by Gasteiger charge is 2.11. The van der Waals surface area contributed by atoms with E-state index in [1.807, 2.05) is 13.8 Å². The number of hydrazine groups is 1. The average Bonchev–Trinajstić information content (AvgIpc) is 2.49. The van der Waals surface area contributed by atoms with Crippen molar-refractivity contribution in [3.63, 3.8) is 0 Å². The van der Waals surface area contributed by atoms with Gasteiger partial charge in [-0.1, -0.05) is 11.6 Å². The number of hydrogen-bond donors (Lipinski definition) is 2. The van der Waals surface area contributed by atoms with Crippen LogP contribution < -0.4 is 11.3 Å². The van der Waals surface area contributed by atoms with Crippen molar-refractivity contribution >= 4 is 17.4 Å². The minimum absolute atomic E-state index is 0.601. The number of aromatic nitrogens is 1. The van der Waals surface area contributed by atoms with E-state index in [1.54, 1.807) is 12.1 Å². The molecule has 0 unspecified atom stereocenters. The normalized spacial score (nSPS) is 11.1. The Labute approximate surface area is 131 Å². The fourth-order valence-electron chi connectivity index (χ4n) is 1.83. The summed E-state index contributed by atoms with van der Waals surface area (Å²) in [6.07, 6.45) is 0. The van der Waals surface area contributed by atoms with Crippen LogP contribution in [0.3, 0.4) is 0 Å². The quantitative estimate of drug-likeness (QED) is 0.369. The van der Waals surface area contributed by atoms with Gasteiger partial charge in [0.1, 0.15) is 5.82 Å². The van der Waals surface area contributed by atoms with Crippen LogP contribution in [0.25, 0.3) is 0 Å². The van der Waals surface area contributed by atoms with Gasteiger partial charge in [0, 0.05) is 32.8 Å². The number of nitrogens with two attached hydrogens (primary N) is 1. The summed E-state index contributed by atoms with van der Waals surface area (Å²) in [6, 6.07) is 3.54. The lowest BCUT2D eigenvalue weighted by Crippen LogP contribution is -2.31. The van der Waals surface area contributed by atoms with E-state index in [-0.39, 0.29) is 0 Å². The van der Waals surface area contributed by atoms with E-state index < -0.39 is 0 Å². The van der Waals surface area contributed by atoms with Gasteiger partial charge in [-0.25, -0.2) is 10.8 Å². The molecule has 6 nitrogen and oxygen atoms in total. The largest absolute Gasteiger partial charge is 0.380 e. The van der Waals surface area contributed by atoms with Gasteiger partial charge in [0.15, 0.2) is 0 Å². The Morgan fingerprint density at radius 3 is 2.33 bits per heavy atom. The molecule has 0 aliphatic carbocycles. The zero-order valence-corrected chi connectivity index (χ0v) is 13.5. The zero-order valence-electron chi connectivity index (χ0n) is 12.8. The van der Waals surface area contributed by atoms with Crippen molar-refractivity contribution in [2.75, 3.05) is 44.9 Å². The molecule has 0 radical (unpaired) electrons. The second kappa shape index (κ2) is 10.8. The lowest BCUT2D eigenvalue weighted by molar-refractivity contribution is 0.0793. The predicted octanol–water partition coefficient (Wildman–Crippen LogP) is 1.90. The molecule has 0 bridgehead atoms. The molecule has 0 aliphatic heterocycles. The molecule has 0 aromatic carbocycles. The van der Waals surface area contributed by atoms with Gasteiger partial charge in [0.2, 0.25) is 0 Å². The van der Waals surface area contributed by atoms with Crippen LogP contribution >= 0.6 is 11.6 Å². The van der Waals surface area contributed by atoms with Crippen LogP contribution in [0.4, 0.5) is 5.82 Å². The fraction of sp³-hybridized carbons (Fsp3) is 0.643. The van der Waals surface area contributed by atoms with Crippen LogP contribution in [0.15, 0.2) is 12.1 Å². The molecule has 0 atom stereocenters. The number of pyridine rings is 1. The molecule has 1 heterocycles. The summed E-state index contributed by atoms with van der Waals surface area (Å²) in [7, 11) is 0. The summed E-state index contributed by atoms with van der Waals surface area (Å²) in [5.74, 6) is 5.99. The molecule has 0 aliphatic rings. The molecular formula is C14H25ClN4O2. The Kier molecular flexibility index (Phi) is 9.29. The Hall–Kier alpha value is -0.920. The van der Waals surface area contributed by atoms with Crippen molar-refractivity contribution in [1.29, 1.82) is 0 Å². The summed E-state index contributed by atoms with van der Waals surface area (Å²) in [5.41, 5.74) is 3.33. The number of halogens is 1. The third-order valence-corrected chi connectivity index (χ3v) is 3.30. The summed E-state index contributed by atoms with van der Waals surface area (Å²) >= 11 is 6.20. The van der Waals surface area contributed by atoms with E-state index in [4.69, 9.17) is 26.9 Å². The van der Waals surface area contributed by atoms with Crippen molar-refractivity contribution in [3.05, 3.63) is 22.8 Å². The van der Waals surface area contributed by atoms with Crippen LogP contribution in [0.5, 0.6) is 0 Å². The van der Waals surface area contributed by atoms with Gasteiger partial charge in [-0.2, -0.15) is 0 Å². The molecule has 0 saturated carbocycles. The second-order valence-corrected chi connectivity index (χ2v) is 4.85. The molecule has 0 spiro atoms. The Morgan fingerprint density at radius 1 is 1.19 bits per heavy atom. The topological polar surface area (TPSA) is 72.6 Å². The minimum atomic E-state index is 0.601. The average molecular weight is 317 g/mol. The summed E-state index contributed by atoms with van der Waals surface area (Å²) in [5, 5.41) is 0.631. The molecular weight excluding hydrogens is 292 g/mol. The number of nitrogen functional groups attached to an aromatic ring is 1. The number of rotatable bonds is 11. The van der Waals surface area contributed by atoms with E-state index in [0.717, 1.165) is 18.8 Å². The van der Waals surface area contributed by atoms with Gasteiger partial charge < -0.3 is 14.9 Å². The van der Waals surface area contributed by atoms with Gasteiger partial charge in [0.05, 0.1) is 23.9 Å². The number of nitrogens with one attached hydrogen (secondary N) is 1. The monoisotopic (exact) mass is 316 g/mol. The van der Waals surface area contributed by atoms with Crippen molar-refractivity contribution in [3.8, 4) is 0 Å². The molecule has 1 aromatic heterocycles. The van der Waals surface area contributed by atoms with Crippen LogP contribution in [-0.4, -0.2) is 49.4 Å². The highest BCUT2D eigenvalue weighted by molar-refractivity contribution is 6.31. The molecule has 21 heavy (non-hydrogen) atoms. The maximum absolute atomic E-state index is 6.20. The number of hydrogen-bond acceptors (Lipinski definition) is 6. The maximum Gasteiger partial charge on any atom is 0.140 e. The summed E-state index contributed by atoms with van der Waals surface area (Å²) < 4.78 is 10.8. The van der Waals surface area contributed by atoms with Crippen molar-refractivity contribution < 1.29 is 9.47 Å². The smallest absolute Gasteiger partial charge is 0.140 e. The second-order valence-electron chi connectivity index (χ2n) is 4.44. The van der Waals surface area contributed by atoms with Crippen molar-refractivity contribution in [1.82, 2.24) is 9.88 Å². The van der Waals surface area contributed by atoms with E-state index in [2.05, 4.69) is 15.3 Å². The zero-order chi connectivity index (χ0) is 15.5. The Bertz CT molecular complexity index is 397. The lowest BCUT2D eigenvalue weighted by atomic mass is 10.3. The first-order chi connectivity index (χ1) is 10.2. The summed E-state index contributed by atoms with van der Waals surface area (Å²) in [4.78, 5) is 6.60. The van der Waals surface area contributed by atoms with Gasteiger partial charge in [-0.3, -0.25) is 4.90 Å². The molecule has 120 valence electrons. The van der Waals surface area contributed by atoms with E-state index in [1.165, 1.54) is 0 Å². The molecule has 0 fully saturated rings. The standard InChI is InChI=1S/C14H25ClN4O2/c1-3-20-9-7-19(8-10-21-4-2)11-13-12(15)5-6-14(17-13)18-16/h5-6H,3-4,7-11,16H2,1-2H3,(H,17,18). The first-order valence-electron chi connectivity index (χ1n) is 7.21. The SMILES string of the molecule is CCOCCN(CCOCC)Cc1nc(NN)ccc1Cl. The molecule has 0 amide bonds.